The molecular formula is C16H22N4O3S2. The number of nitrogens with zero attached hydrogens (tertiary/aromatic N) is 1. The molecule has 0 saturated heterocycles. The number of urea groups is 1. The summed E-state index contributed by atoms with van der Waals surface area (Å²) < 4.78 is 0. The average molecular weight is 383 g/mol. The lowest BCUT2D eigenvalue weighted by molar-refractivity contribution is -0.117. The van der Waals surface area contributed by atoms with E-state index in [4.69, 9.17) is 0 Å². The predicted octanol–water partition coefficient (Wildman–Crippen LogP) is 2.32. The Morgan fingerprint density at radius 3 is 2.72 bits per heavy atom. The second kappa shape index (κ2) is 8.48. The molecule has 3 amide bonds. The van der Waals surface area contributed by atoms with Gasteiger partial charge in [0, 0.05) is 11.4 Å². The zero-order chi connectivity index (χ0) is 18.6. The van der Waals surface area contributed by atoms with Crippen molar-refractivity contribution in [3.63, 3.8) is 0 Å². The van der Waals surface area contributed by atoms with Crippen molar-refractivity contribution < 1.29 is 9.59 Å². The fraction of sp³-hybridized carbons (Fsp3) is 0.500. The fourth-order valence-electron chi connectivity index (χ4n) is 2.11. The number of fused-ring (bicyclic) bond motifs is 1. The monoisotopic (exact) mass is 382 g/mol. The summed E-state index contributed by atoms with van der Waals surface area (Å²) in [4.78, 5) is 44.4. The Morgan fingerprint density at radius 2 is 2.04 bits per heavy atom. The summed E-state index contributed by atoms with van der Waals surface area (Å²) in [6.07, 6.45) is 0. The van der Waals surface area contributed by atoms with Crippen LogP contribution in [0.25, 0.3) is 10.2 Å². The maximum Gasteiger partial charge on any atom is 0.321 e. The van der Waals surface area contributed by atoms with Crippen LogP contribution in [0, 0.1) is 19.8 Å². The highest BCUT2D eigenvalue weighted by Crippen LogP contribution is 2.26. The third kappa shape index (κ3) is 5.30. The summed E-state index contributed by atoms with van der Waals surface area (Å²) in [5, 5.41) is 5.53. The number of rotatable bonds is 6. The van der Waals surface area contributed by atoms with Gasteiger partial charge in [-0.2, -0.15) is 0 Å². The maximum absolute atomic E-state index is 12.2. The number of thioether (sulfide) groups is 1. The Labute approximate surface area is 154 Å². The zero-order valence-corrected chi connectivity index (χ0v) is 16.3. The molecule has 0 fully saturated rings. The van der Waals surface area contributed by atoms with Crippen molar-refractivity contribution in [3.8, 4) is 0 Å². The van der Waals surface area contributed by atoms with Gasteiger partial charge in [-0.3, -0.25) is 14.9 Å². The number of aryl methyl sites for hydroxylation is 2. The number of H-pyrrole nitrogens is 1. The molecule has 0 aliphatic rings. The van der Waals surface area contributed by atoms with Gasteiger partial charge >= 0.3 is 6.03 Å². The molecule has 2 aromatic heterocycles. The largest absolute Gasteiger partial charge is 0.338 e. The Hall–Kier alpha value is -1.87. The summed E-state index contributed by atoms with van der Waals surface area (Å²) in [5.41, 5.74) is 0.805. The number of thiophene rings is 1. The van der Waals surface area contributed by atoms with Gasteiger partial charge in [-0.1, -0.05) is 13.8 Å². The van der Waals surface area contributed by atoms with Crippen LogP contribution in [0.1, 0.15) is 30.1 Å². The van der Waals surface area contributed by atoms with Crippen molar-refractivity contribution in [2.75, 3.05) is 12.3 Å². The summed E-state index contributed by atoms with van der Waals surface area (Å²) in [6, 6.07) is -0.489. The molecule has 0 saturated carbocycles. The average Bonchev–Trinajstić information content (AvgIpc) is 2.80. The van der Waals surface area contributed by atoms with E-state index in [1.807, 2.05) is 27.7 Å². The lowest BCUT2D eigenvalue weighted by Gasteiger charge is -2.08. The first-order chi connectivity index (χ1) is 11.8. The second-order valence-electron chi connectivity index (χ2n) is 6.12. The number of aromatic nitrogens is 2. The van der Waals surface area contributed by atoms with Crippen LogP contribution in [0.5, 0.6) is 0 Å². The SMILES string of the molecule is Cc1sc2nc(CSCC(=O)NC(=O)NCC(C)C)[nH]c(=O)c2c1C. The van der Waals surface area contributed by atoms with Gasteiger partial charge in [-0.25, -0.2) is 9.78 Å². The highest BCUT2D eigenvalue weighted by Gasteiger charge is 2.13. The lowest BCUT2D eigenvalue weighted by atomic mass is 10.2. The molecular weight excluding hydrogens is 360 g/mol. The van der Waals surface area contributed by atoms with Gasteiger partial charge in [0.2, 0.25) is 5.91 Å². The second-order valence-corrected chi connectivity index (χ2v) is 8.31. The first kappa shape index (κ1) is 19.5. The number of hydrogen-bond acceptors (Lipinski definition) is 6. The highest BCUT2D eigenvalue weighted by atomic mass is 32.2. The van der Waals surface area contributed by atoms with Crippen LogP contribution in [0.15, 0.2) is 4.79 Å². The van der Waals surface area contributed by atoms with Crippen LogP contribution in [-0.4, -0.2) is 34.2 Å². The number of amides is 3. The van der Waals surface area contributed by atoms with Crippen LogP contribution >= 0.6 is 23.1 Å². The van der Waals surface area contributed by atoms with Gasteiger partial charge in [0.05, 0.1) is 16.9 Å². The molecule has 2 rings (SSSR count). The molecule has 0 atom stereocenters. The molecule has 0 aliphatic heterocycles. The van der Waals surface area contributed by atoms with Crippen LogP contribution in [0.2, 0.25) is 0 Å². The fourth-order valence-corrected chi connectivity index (χ4v) is 3.85. The molecule has 9 heteroatoms. The van der Waals surface area contributed by atoms with E-state index in [1.54, 1.807) is 0 Å². The lowest BCUT2D eigenvalue weighted by Crippen LogP contribution is -2.41. The molecule has 0 bridgehead atoms. The van der Waals surface area contributed by atoms with Crippen LogP contribution in [-0.2, 0) is 10.5 Å². The number of aromatic amines is 1. The Bertz CT molecular complexity index is 842. The van der Waals surface area contributed by atoms with Crippen LogP contribution in [0.4, 0.5) is 4.79 Å². The Morgan fingerprint density at radius 1 is 1.32 bits per heavy atom. The summed E-state index contributed by atoms with van der Waals surface area (Å²) in [5.74, 6) is 0.970. The molecule has 0 radical (unpaired) electrons. The van der Waals surface area contributed by atoms with Crippen molar-refractivity contribution in [1.82, 2.24) is 20.6 Å². The number of hydrogen-bond donors (Lipinski definition) is 3. The molecule has 2 aromatic rings. The van der Waals surface area contributed by atoms with E-state index in [0.29, 0.717) is 34.3 Å². The van der Waals surface area contributed by atoms with E-state index >= 15 is 0 Å². The van der Waals surface area contributed by atoms with Gasteiger partial charge in [0.15, 0.2) is 0 Å². The molecule has 7 nitrogen and oxygen atoms in total. The minimum absolute atomic E-state index is 0.110. The molecule has 0 aliphatic carbocycles. The number of nitrogens with one attached hydrogen (secondary N) is 3. The standard InChI is InChI=1S/C16H22N4O3S2/c1-8(2)5-17-16(23)20-12(21)7-24-6-11-18-14(22)13-9(3)10(4)25-15(13)19-11/h8H,5-7H2,1-4H3,(H,18,19,22)(H2,17,20,21,23). The predicted molar refractivity (Wildman–Crippen MR) is 102 cm³/mol. The van der Waals surface area contributed by atoms with E-state index in [-0.39, 0.29) is 17.2 Å². The molecule has 25 heavy (non-hydrogen) atoms. The minimum atomic E-state index is -0.489. The van der Waals surface area contributed by atoms with Gasteiger partial charge in [-0.05, 0) is 25.3 Å². The van der Waals surface area contributed by atoms with E-state index in [0.717, 1.165) is 10.4 Å². The van der Waals surface area contributed by atoms with Crippen molar-refractivity contribution in [3.05, 3.63) is 26.6 Å². The van der Waals surface area contributed by atoms with E-state index in [2.05, 4.69) is 20.6 Å². The zero-order valence-electron chi connectivity index (χ0n) is 14.7. The molecule has 0 aromatic carbocycles. The summed E-state index contributed by atoms with van der Waals surface area (Å²) >= 11 is 2.78. The van der Waals surface area contributed by atoms with E-state index in [1.165, 1.54) is 23.1 Å². The van der Waals surface area contributed by atoms with Gasteiger partial charge in [-0.15, -0.1) is 23.1 Å². The topological polar surface area (TPSA) is 104 Å². The molecule has 2 heterocycles. The molecule has 136 valence electrons. The third-order valence-electron chi connectivity index (χ3n) is 3.48. The van der Waals surface area contributed by atoms with Crippen LogP contribution < -0.4 is 16.2 Å². The van der Waals surface area contributed by atoms with Crippen molar-refractivity contribution in [2.24, 2.45) is 5.92 Å². The van der Waals surface area contributed by atoms with Crippen molar-refractivity contribution in [2.45, 2.75) is 33.4 Å². The Balaban J connectivity index is 1.87. The number of carbonyl (C=O) groups excluding carboxylic acids is 2. The third-order valence-corrected chi connectivity index (χ3v) is 5.53. The highest BCUT2D eigenvalue weighted by molar-refractivity contribution is 7.99. The van der Waals surface area contributed by atoms with Crippen molar-refractivity contribution in [1.29, 1.82) is 0 Å². The minimum Gasteiger partial charge on any atom is -0.338 e. The van der Waals surface area contributed by atoms with Gasteiger partial charge in [0.1, 0.15) is 10.7 Å². The summed E-state index contributed by atoms with van der Waals surface area (Å²) in [7, 11) is 0. The summed E-state index contributed by atoms with van der Waals surface area (Å²) in [6.45, 7) is 8.33. The van der Waals surface area contributed by atoms with Crippen molar-refractivity contribution >= 4 is 45.3 Å². The van der Waals surface area contributed by atoms with Gasteiger partial charge < -0.3 is 10.3 Å². The number of imide groups is 1. The Kier molecular flexibility index (Phi) is 6.60. The van der Waals surface area contributed by atoms with Crippen LogP contribution in [0.3, 0.4) is 0 Å². The van der Waals surface area contributed by atoms with E-state index < -0.39 is 6.03 Å². The normalized spacial score (nSPS) is 11.1. The first-order valence-corrected chi connectivity index (χ1v) is 9.89. The molecule has 3 N–H and O–H groups in total. The molecule has 0 unspecified atom stereocenters. The van der Waals surface area contributed by atoms with Gasteiger partial charge in [0.25, 0.3) is 5.56 Å². The smallest absolute Gasteiger partial charge is 0.321 e. The van der Waals surface area contributed by atoms with E-state index in [9.17, 15) is 14.4 Å². The quantitative estimate of drug-likeness (QED) is 0.711. The maximum atomic E-state index is 12.2. The number of carbonyl (C=O) groups is 2. The first-order valence-electron chi connectivity index (χ1n) is 7.92. The molecule has 0 spiro atoms.